The molecular formula is C13H21BrN2S. The highest BCUT2D eigenvalue weighted by molar-refractivity contribution is 9.10. The number of aromatic nitrogens is 1. The molecule has 1 heterocycles. The van der Waals surface area contributed by atoms with Crippen molar-refractivity contribution >= 4 is 27.7 Å². The summed E-state index contributed by atoms with van der Waals surface area (Å²) in [5.74, 6) is 1.85. The summed E-state index contributed by atoms with van der Waals surface area (Å²) in [6.07, 6.45) is 5.04. The van der Waals surface area contributed by atoms with Crippen molar-refractivity contribution in [3.8, 4) is 0 Å². The molecule has 96 valence electrons. The van der Waals surface area contributed by atoms with Gasteiger partial charge in [0.15, 0.2) is 0 Å². The first-order valence-electron chi connectivity index (χ1n) is 6.00. The highest BCUT2D eigenvalue weighted by Crippen LogP contribution is 2.15. The van der Waals surface area contributed by atoms with Gasteiger partial charge in [0, 0.05) is 28.8 Å². The van der Waals surface area contributed by atoms with Crippen LogP contribution < -0.4 is 5.32 Å². The highest BCUT2D eigenvalue weighted by atomic mass is 79.9. The van der Waals surface area contributed by atoms with Gasteiger partial charge in [-0.25, -0.2) is 0 Å². The van der Waals surface area contributed by atoms with E-state index in [2.05, 4.69) is 58.5 Å². The van der Waals surface area contributed by atoms with Crippen molar-refractivity contribution in [2.75, 3.05) is 18.6 Å². The third-order valence-electron chi connectivity index (χ3n) is 2.80. The normalized spacial score (nSPS) is 14.6. The third kappa shape index (κ3) is 5.40. The summed E-state index contributed by atoms with van der Waals surface area (Å²) < 4.78 is 1.04. The predicted molar refractivity (Wildman–Crippen MR) is 80.7 cm³/mol. The van der Waals surface area contributed by atoms with Gasteiger partial charge in [0.2, 0.25) is 0 Å². The maximum absolute atomic E-state index is 4.45. The molecule has 0 spiro atoms. The Labute approximate surface area is 117 Å². The fraction of sp³-hybridized carbons (Fsp3) is 0.615. The minimum atomic E-state index is 0.515. The van der Waals surface area contributed by atoms with Crippen LogP contribution in [0, 0.1) is 5.92 Å². The minimum Gasteiger partial charge on any atom is -0.314 e. The summed E-state index contributed by atoms with van der Waals surface area (Å²) in [5, 5.41) is 3.57. The van der Waals surface area contributed by atoms with Gasteiger partial charge >= 0.3 is 0 Å². The molecule has 17 heavy (non-hydrogen) atoms. The molecule has 0 radical (unpaired) electrons. The lowest BCUT2D eigenvalue weighted by Gasteiger charge is -2.24. The van der Waals surface area contributed by atoms with Crippen LogP contribution in [-0.2, 0) is 6.42 Å². The van der Waals surface area contributed by atoms with Crippen LogP contribution >= 0.6 is 27.7 Å². The van der Waals surface area contributed by atoms with Crippen molar-refractivity contribution < 1.29 is 0 Å². The molecule has 1 N–H and O–H groups in total. The fourth-order valence-corrected chi connectivity index (χ4v) is 2.86. The van der Waals surface area contributed by atoms with E-state index in [1.54, 1.807) is 0 Å². The second-order valence-corrected chi connectivity index (χ2v) is 6.10. The maximum atomic E-state index is 4.45. The van der Waals surface area contributed by atoms with Crippen LogP contribution in [0.2, 0.25) is 0 Å². The van der Waals surface area contributed by atoms with E-state index in [0.717, 1.165) is 23.1 Å². The molecule has 0 bridgehead atoms. The lowest BCUT2D eigenvalue weighted by atomic mass is 9.99. The second kappa shape index (κ2) is 8.11. The van der Waals surface area contributed by atoms with Crippen LogP contribution in [0.1, 0.15) is 19.5 Å². The highest BCUT2D eigenvalue weighted by Gasteiger charge is 2.16. The van der Waals surface area contributed by atoms with Crippen molar-refractivity contribution in [1.29, 1.82) is 0 Å². The number of likely N-dealkylation sites (N-methyl/N-ethyl adjacent to an activating group) is 1. The summed E-state index contributed by atoms with van der Waals surface area (Å²) in [6, 6.07) is 4.67. The van der Waals surface area contributed by atoms with Gasteiger partial charge in [0.1, 0.15) is 0 Å². The van der Waals surface area contributed by atoms with Crippen LogP contribution in [-0.4, -0.2) is 29.6 Å². The molecule has 2 unspecified atom stereocenters. The van der Waals surface area contributed by atoms with Gasteiger partial charge in [0.25, 0.3) is 0 Å². The molecule has 0 aromatic carbocycles. The number of pyridine rings is 1. The van der Waals surface area contributed by atoms with Crippen LogP contribution in [0.15, 0.2) is 22.8 Å². The average Bonchev–Trinajstić information content (AvgIpc) is 2.31. The zero-order valence-electron chi connectivity index (χ0n) is 10.7. The number of rotatable bonds is 7. The van der Waals surface area contributed by atoms with E-state index in [1.807, 2.05) is 18.0 Å². The first-order chi connectivity index (χ1) is 8.17. The van der Waals surface area contributed by atoms with E-state index in [9.17, 15) is 0 Å². The van der Waals surface area contributed by atoms with E-state index in [-0.39, 0.29) is 0 Å². The lowest BCUT2D eigenvalue weighted by molar-refractivity contribution is 0.407. The van der Waals surface area contributed by atoms with Gasteiger partial charge in [0.05, 0.1) is 0 Å². The van der Waals surface area contributed by atoms with Gasteiger partial charge in [-0.05, 0) is 52.5 Å². The summed E-state index contributed by atoms with van der Waals surface area (Å²) in [6.45, 7) is 5.48. The van der Waals surface area contributed by atoms with Crippen LogP contribution in [0.5, 0.6) is 0 Å². The Morgan fingerprint density at radius 3 is 2.76 bits per heavy atom. The first-order valence-corrected chi connectivity index (χ1v) is 8.18. The van der Waals surface area contributed by atoms with Crippen LogP contribution in [0.25, 0.3) is 0 Å². The molecule has 0 aliphatic heterocycles. The molecule has 2 nitrogen and oxygen atoms in total. The number of halogens is 1. The standard InChI is InChI=1S/C13H21BrN2S/c1-4-15-13(10(2)9-17-3)7-12-6-5-11(14)8-16-12/h5-6,8,10,13,15H,4,7,9H2,1-3H3. The Hall–Kier alpha value is -0.0600. The average molecular weight is 317 g/mol. The summed E-state index contributed by atoms with van der Waals surface area (Å²) in [7, 11) is 0. The maximum Gasteiger partial charge on any atom is 0.0420 e. The molecule has 1 aromatic rings. The predicted octanol–water partition coefficient (Wildman–Crippen LogP) is 3.36. The molecule has 0 aliphatic rings. The van der Waals surface area contributed by atoms with Crippen molar-refractivity contribution in [1.82, 2.24) is 10.3 Å². The van der Waals surface area contributed by atoms with Gasteiger partial charge < -0.3 is 5.32 Å². The van der Waals surface area contributed by atoms with Gasteiger partial charge in [-0.1, -0.05) is 13.8 Å². The van der Waals surface area contributed by atoms with Crippen molar-refractivity contribution in [2.24, 2.45) is 5.92 Å². The number of thioether (sulfide) groups is 1. The van der Waals surface area contributed by atoms with Crippen LogP contribution in [0.3, 0.4) is 0 Å². The topological polar surface area (TPSA) is 24.9 Å². The van der Waals surface area contributed by atoms with Crippen molar-refractivity contribution in [3.63, 3.8) is 0 Å². The molecule has 4 heteroatoms. The summed E-state index contributed by atoms with van der Waals surface area (Å²) in [4.78, 5) is 4.45. The van der Waals surface area contributed by atoms with Gasteiger partial charge in [-0.3, -0.25) is 4.98 Å². The van der Waals surface area contributed by atoms with Crippen LogP contribution in [0.4, 0.5) is 0 Å². The Morgan fingerprint density at radius 2 is 2.24 bits per heavy atom. The fourth-order valence-electron chi connectivity index (χ4n) is 1.87. The van der Waals surface area contributed by atoms with E-state index in [0.29, 0.717) is 12.0 Å². The second-order valence-electron chi connectivity index (χ2n) is 4.27. The molecular weight excluding hydrogens is 296 g/mol. The summed E-state index contributed by atoms with van der Waals surface area (Å²) in [5.41, 5.74) is 1.16. The van der Waals surface area contributed by atoms with Crippen molar-refractivity contribution in [2.45, 2.75) is 26.3 Å². The molecule has 0 aliphatic carbocycles. The number of hydrogen-bond donors (Lipinski definition) is 1. The van der Waals surface area contributed by atoms with Crippen molar-refractivity contribution in [3.05, 3.63) is 28.5 Å². The molecule has 1 aromatic heterocycles. The first kappa shape index (κ1) is 15.0. The molecule has 2 atom stereocenters. The Kier molecular flexibility index (Phi) is 7.16. The monoisotopic (exact) mass is 316 g/mol. The molecule has 1 rings (SSSR count). The number of hydrogen-bond acceptors (Lipinski definition) is 3. The van der Waals surface area contributed by atoms with E-state index < -0.39 is 0 Å². The van der Waals surface area contributed by atoms with E-state index >= 15 is 0 Å². The SMILES string of the molecule is CCNC(Cc1ccc(Br)cn1)C(C)CSC. The zero-order valence-corrected chi connectivity index (χ0v) is 13.1. The smallest absolute Gasteiger partial charge is 0.0420 e. The quantitative estimate of drug-likeness (QED) is 0.835. The number of nitrogens with zero attached hydrogens (tertiary/aromatic N) is 1. The van der Waals surface area contributed by atoms with Gasteiger partial charge in [-0.15, -0.1) is 0 Å². The third-order valence-corrected chi connectivity index (χ3v) is 4.13. The number of nitrogens with one attached hydrogen (secondary N) is 1. The summed E-state index contributed by atoms with van der Waals surface area (Å²) >= 11 is 5.32. The Bertz CT molecular complexity index is 316. The largest absolute Gasteiger partial charge is 0.314 e. The van der Waals surface area contributed by atoms with Gasteiger partial charge in [-0.2, -0.15) is 11.8 Å². The zero-order chi connectivity index (χ0) is 12.7. The Balaban J connectivity index is 2.62. The molecule has 0 saturated heterocycles. The lowest BCUT2D eigenvalue weighted by Crippen LogP contribution is -2.38. The molecule has 0 saturated carbocycles. The van der Waals surface area contributed by atoms with E-state index in [4.69, 9.17) is 0 Å². The minimum absolute atomic E-state index is 0.515. The molecule has 0 fully saturated rings. The molecule has 0 amide bonds. The van der Waals surface area contributed by atoms with E-state index in [1.165, 1.54) is 5.75 Å². The Morgan fingerprint density at radius 1 is 1.47 bits per heavy atom.